The Labute approximate surface area is 208 Å². The Bertz CT molecular complexity index is 1210. The molecule has 0 radical (unpaired) electrons. The zero-order valence-electron chi connectivity index (χ0n) is 19.9. The van der Waals surface area contributed by atoms with E-state index in [2.05, 4.69) is 28.5 Å². The van der Waals surface area contributed by atoms with Gasteiger partial charge in [-0.3, -0.25) is 4.79 Å². The van der Waals surface area contributed by atoms with E-state index in [-0.39, 0.29) is 24.7 Å². The van der Waals surface area contributed by atoms with Crippen molar-refractivity contribution in [2.24, 2.45) is 11.8 Å². The van der Waals surface area contributed by atoms with Gasteiger partial charge in [-0.25, -0.2) is 9.78 Å². The number of nitrogens with zero attached hydrogens (tertiary/aromatic N) is 2. The second-order valence-corrected chi connectivity index (χ2v) is 9.94. The fraction of sp³-hybridized carbons (Fsp3) is 0.423. The summed E-state index contributed by atoms with van der Waals surface area (Å²) >= 11 is 1.31. The van der Waals surface area contributed by atoms with Crippen LogP contribution < -0.4 is 14.8 Å². The Morgan fingerprint density at radius 1 is 1.09 bits per heavy atom. The maximum Gasteiger partial charge on any atom is 0.410 e. The monoisotopic (exact) mass is 495 g/mol. The number of likely N-dealkylation sites (tertiary alicyclic amines) is 1. The number of hydrogen-bond acceptors (Lipinski definition) is 7. The van der Waals surface area contributed by atoms with Crippen LogP contribution in [-0.2, 0) is 11.3 Å². The third-order valence-corrected chi connectivity index (χ3v) is 7.52. The molecular formula is C26H29N3O5S. The van der Waals surface area contributed by atoms with Gasteiger partial charge >= 0.3 is 6.09 Å². The number of carbonyl (C=O) groups excluding carboxylic acids is 2. The molecule has 3 atom stereocenters. The van der Waals surface area contributed by atoms with E-state index in [1.54, 1.807) is 17.3 Å². The van der Waals surface area contributed by atoms with Crippen molar-refractivity contribution < 1.29 is 23.8 Å². The van der Waals surface area contributed by atoms with Crippen molar-refractivity contribution >= 4 is 34.1 Å². The number of carbonyl (C=O) groups is 2. The number of amides is 2. The average Bonchev–Trinajstić information content (AvgIpc) is 3.57. The van der Waals surface area contributed by atoms with E-state index in [4.69, 9.17) is 14.2 Å². The molecular weight excluding hydrogens is 466 g/mol. The number of rotatable bonds is 7. The lowest BCUT2D eigenvalue weighted by Crippen LogP contribution is -2.31. The summed E-state index contributed by atoms with van der Waals surface area (Å²) in [5.41, 5.74) is 0.339. The zero-order valence-corrected chi connectivity index (χ0v) is 20.7. The number of hydrogen-bond donors (Lipinski definition) is 1. The molecule has 1 N–H and O–H groups in total. The number of aromatic nitrogens is 1. The molecule has 1 saturated carbocycles. The second kappa shape index (κ2) is 10.1. The SMILES string of the molecule is CCOc1ccc2ccc(OC3C[C@@H]4CN(C(=O)OCc5nc(C(=O)NC)cs5)C[C@@H]4C3)cc2c1. The van der Waals surface area contributed by atoms with Crippen molar-refractivity contribution in [3.8, 4) is 11.5 Å². The summed E-state index contributed by atoms with van der Waals surface area (Å²) in [5.74, 6) is 2.31. The maximum absolute atomic E-state index is 12.6. The van der Waals surface area contributed by atoms with Crippen LogP contribution in [0.3, 0.4) is 0 Å². The number of fused-ring (bicyclic) bond motifs is 2. The molecule has 2 fully saturated rings. The lowest BCUT2D eigenvalue weighted by molar-refractivity contribution is 0.0956. The summed E-state index contributed by atoms with van der Waals surface area (Å²) in [6.07, 6.45) is 1.67. The van der Waals surface area contributed by atoms with Crippen LogP contribution >= 0.6 is 11.3 Å². The molecule has 1 saturated heterocycles. The first-order chi connectivity index (χ1) is 17.0. The molecule has 1 aliphatic carbocycles. The van der Waals surface area contributed by atoms with Gasteiger partial charge in [-0.15, -0.1) is 11.3 Å². The van der Waals surface area contributed by atoms with Gasteiger partial charge in [0.2, 0.25) is 0 Å². The minimum absolute atomic E-state index is 0.0744. The first kappa shape index (κ1) is 23.4. The Morgan fingerprint density at radius 2 is 1.80 bits per heavy atom. The molecule has 5 rings (SSSR count). The van der Waals surface area contributed by atoms with Gasteiger partial charge in [0.25, 0.3) is 5.91 Å². The van der Waals surface area contributed by atoms with Crippen molar-refractivity contribution in [2.75, 3.05) is 26.7 Å². The highest BCUT2D eigenvalue weighted by Gasteiger charge is 2.43. The van der Waals surface area contributed by atoms with Crippen molar-refractivity contribution in [2.45, 2.75) is 32.5 Å². The largest absolute Gasteiger partial charge is 0.494 e. The Balaban J connectivity index is 1.12. The van der Waals surface area contributed by atoms with E-state index >= 15 is 0 Å². The number of ether oxygens (including phenoxy) is 3. The van der Waals surface area contributed by atoms with Crippen molar-refractivity contribution in [3.63, 3.8) is 0 Å². The highest BCUT2D eigenvalue weighted by molar-refractivity contribution is 7.09. The van der Waals surface area contributed by atoms with E-state index < -0.39 is 0 Å². The van der Waals surface area contributed by atoms with Gasteiger partial charge < -0.3 is 24.4 Å². The summed E-state index contributed by atoms with van der Waals surface area (Å²) in [6, 6.07) is 12.3. The van der Waals surface area contributed by atoms with Crippen LogP contribution in [0.5, 0.6) is 11.5 Å². The molecule has 0 spiro atoms. The summed E-state index contributed by atoms with van der Waals surface area (Å²) in [5, 5.41) is 7.06. The van der Waals surface area contributed by atoms with Crippen LogP contribution in [0.2, 0.25) is 0 Å². The van der Waals surface area contributed by atoms with Gasteiger partial charge in [0, 0.05) is 25.5 Å². The lowest BCUT2D eigenvalue weighted by Gasteiger charge is -2.20. The minimum atomic E-state index is -0.326. The molecule has 9 heteroatoms. The smallest absolute Gasteiger partial charge is 0.410 e. The van der Waals surface area contributed by atoms with Crippen LogP contribution in [-0.4, -0.2) is 54.7 Å². The van der Waals surface area contributed by atoms with E-state index in [1.165, 1.54) is 11.3 Å². The Morgan fingerprint density at radius 3 is 2.51 bits per heavy atom. The predicted octanol–water partition coefficient (Wildman–Crippen LogP) is 4.48. The average molecular weight is 496 g/mol. The topological polar surface area (TPSA) is 90.0 Å². The standard InChI is InChI=1S/C26H29N3O5S/c1-3-32-20-6-4-16-5-7-21(9-17(16)8-20)34-22-10-18-12-29(13-19(18)11-22)26(31)33-14-24-28-23(15-35-24)25(30)27-2/h4-9,15,18-19,22H,3,10-14H2,1-2H3,(H,27,30)/t18-,19+,22?. The second-order valence-electron chi connectivity index (χ2n) is 9.00. The van der Waals surface area contributed by atoms with Gasteiger partial charge in [-0.05, 0) is 66.6 Å². The molecule has 1 aromatic heterocycles. The van der Waals surface area contributed by atoms with Crippen molar-refractivity contribution in [3.05, 3.63) is 52.5 Å². The molecule has 8 nitrogen and oxygen atoms in total. The van der Waals surface area contributed by atoms with Crippen molar-refractivity contribution in [1.82, 2.24) is 15.2 Å². The highest BCUT2D eigenvalue weighted by Crippen LogP contribution is 2.40. The normalized spacial score (nSPS) is 21.1. The highest BCUT2D eigenvalue weighted by atomic mass is 32.1. The quantitative estimate of drug-likeness (QED) is 0.520. The Kier molecular flexibility index (Phi) is 6.77. The first-order valence-electron chi connectivity index (χ1n) is 11.9. The lowest BCUT2D eigenvalue weighted by atomic mass is 10.0. The number of benzene rings is 2. The number of thiazole rings is 1. The third-order valence-electron chi connectivity index (χ3n) is 6.69. The molecule has 1 unspecified atom stereocenters. The Hall–Kier alpha value is -3.33. The van der Waals surface area contributed by atoms with Crippen LogP contribution in [0.25, 0.3) is 10.8 Å². The minimum Gasteiger partial charge on any atom is -0.494 e. The first-order valence-corrected chi connectivity index (χ1v) is 12.8. The van der Waals surface area contributed by atoms with Crippen LogP contribution in [0.4, 0.5) is 4.79 Å². The summed E-state index contributed by atoms with van der Waals surface area (Å²) in [6.45, 7) is 4.05. The van der Waals surface area contributed by atoms with Crippen LogP contribution in [0.15, 0.2) is 41.8 Å². The fourth-order valence-electron chi connectivity index (χ4n) is 5.04. The predicted molar refractivity (Wildman–Crippen MR) is 133 cm³/mol. The molecule has 35 heavy (non-hydrogen) atoms. The summed E-state index contributed by atoms with van der Waals surface area (Å²) < 4.78 is 17.4. The van der Waals surface area contributed by atoms with Gasteiger partial charge in [-0.1, -0.05) is 12.1 Å². The van der Waals surface area contributed by atoms with Crippen LogP contribution in [0.1, 0.15) is 35.3 Å². The fourth-order valence-corrected chi connectivity index (χ4v) is 5.72. The summed E-state index contributed by atoms with van der Waals surface area (Å²) in [7, 11) is 1.56. The third kappa shape index (κ3) is 5.19. The number of nitrogens with one attached hydrogen (secondary N) is 1. The van der Waals surface area contributed by atoms with Gasteiger partial charge in [-0.2, -0.15) is 0 Å². The maximum atomic E-state index is 12.6. The van der Waals surface area contributed by atoms with Crippen LogP contribution in [0, 0.1) is 11.8 Å². The molecule has 2 aromatic carbocycles. The van der Waals surface area contributed by atoms with E-state index in [0.717, 1.165) is 35.1 Å². The van der Waals surface area contributed by atoms with E-state index in [1.807, 2.05) is 25.1 Å². The molecule has 2 amide bonds. The van der Waals surface area contributed by atoms with Gasteiger partial charge in [0.15, 0.2) is 0 Å². The molecule has 184 valence electrons. The van der Waals surface area contributed by atoms with Gasteiger partial charge in [0.1, 0.15) is 28.8 Å². The molecule has 2 aliphatic rings. The molecule has 2 heterocycles. The molecule has 1 aliphatic heterocycles. The zero-order chi connectivity index (χ0) is 24.4. The molecule has 3 aromatic rings. The van der Waals surface area contributed by atoms with E-state index in [0.29, 0.717) is 42.2 Å². The molecule has 0 bridgehead atoms. The van der Waals surface area contributed by atoms with Gasteiger partial charge in [0.05, 0.1) is 12.7 Å². The van der Waals surface area contributed by atoms with E-state index in [9.17, 15) is 9.59 Å². The summed E-state index contributed by atoms with van der Waals surface area (Å²) in [4.78, 5) is 30.2. The van der Waals surface area contributed by atoms with Crippen molar-refractivity contribution in [1.29, 1.82) is 0 Å².